The second-order valence-corrected chi connectivity index (χ2v) is 5.63. The number of hydrogen-bond donors (Lipinski definition) is 1. The number of thioether (sulfide) groups is 1. The summed E-state index contributed by atoms with van der Waals surface area (Å²) in [5.41, 5.74) is 0.252. The van der Waals surface area contributed by atoms with Gasteiger partial charge in [0.05, 0.1) is 13.2 Å². The number of methoxy groups -OCH3 is 1. The molecule has 0 aliphatic heterocycles. The first kappa shape index (κ1) is 12.9. The summed E-state index contributed by atoms with van der Waals surface area (Å²) in [6.07, 6.45) is 1.92. The van der Waals surface area contributed by atoms with Crippen LogP contribution in [0.5, 0.6) is 0 Å². The smallest absolute Gasteiger partial charge is 0.281 e. The molecule has 0 saturated carbocycles. The van der Waals surface area contributed by atoms with Gasteiger partial charge in [0.1, 0.15) is 0 Å². The molecular formula is C9H11N3O2S3. The Balaban J connectivity index is 2.57. The Morgan fingerprint density at radius 3 is 2.94 bits per heavy atom. The Kier molecular flexibility index (Phi) is 4.08. The second kappa shape index (κ2) is 5.38. The molecule has 2 aromatic rings. The minimum absolute atomic E-state index is 0.159. The summed E-state index contributed by atoms with van der Waals surface area (Å²) in [6, 6.07) is 0. The fraction of sp³-hybridized carbons (Fsp3) is 0.444. The van der Waals surface area contributed by atoms with Crippen molar-refractivity contribution < 1.29 is 4.74 Å². The monoisotopic (exact) mass is 289 g/mol. The molecule has 0 aliphatic rings. The summed E-state index contributed by atoms with van der Waals surface area (Å²) in [4.78, 5) is 21.3. The first-order valence-electron chi connectivity index (χ1n) is 4.80. The van der Waals surface area contributed by atoms with Gasteiger partial charge in [-0.25, -0.2) is 9.97 Å². The van der Waals surface area contributed by atoms with Crippen LogP contribution in [0.2, 0.25) is 0 Å². The van der Waals surface area contributed by atoms with Gasteiger partial charge < -0.3 is 4.74 Å². The maximum Gasteiger partial charge on any atom is 0.281 e. The van der Waals surface area contributed by atoms with Gasteiger partial charge in [0.25, 0.3) is 5.56 Å². The van der Waals surface area contributed by atoms with Crippen LogP contribution < -0.4 is 5.56 Å². The lowest BCUT2D eigenvalue weighted by molar-refractivity contribution is 0.183. The Labute approximate surface area is 112 Å². The number of hydrogen-bond acceptors (Lipinski definition) is 7. The molecule has 0 unspecified atom stereocenters. The number of aromatic nitrogens is 3. The van der Waals surface area contributed by atoms with Crippen molar-refractivity contribution in [3.63, 3.8) is 0 Å². The molecule has 8 heteroatoms. The zero-order chi connectivity index (χ0) is 12.4. The van der Waals surface area contributed by atoms with Gasteiger partial charge in [0.15, 0.2) is 19.8 Å². The zero-order valence-corrected chi connectivity index (χ0v) is 11.9. The average molecular weight is 289 g/mol. The van der Waals surface area contributed by atoms with E-state index in [0.717, 1.165) is 4.34 Å². The molecule has 0 aromatic carbocycles. The summed E-state index contributed by atoms with van der Waals surface area (Å²) in [6.45, 7) is 0.878. The number of rotatable bonds is 4. The highest BCUT2D eigenvalue weighted by molar-refractivity contribution is 8.00. The topological polar surface area (TPSA) is 57.0 Å². The molecule has 0 N–H and O–H groups in total. The van der Waals surface area contributed by atoms with Gasteiger partial charge >= 0.3 is 0 Å². The van der Waals surface area contributed by atoms with E-state index in [1.54, 1.807) is 7.11 Å². The Morgan fingerprint density at radius 2 is 2.29 bits per heavy atom. The van der Waals surface area contributed by atoms with Crippen LogP contribution in [0.25, 0.3) is 10.3 Å². The summed E-state index contributed by atoms with van der Waals surface area (Å²) >= 11 is 7.13. The number of ether oxygens (including phenoxy) is 1. The van der Waals surface area contributed by atoms with Crippen molar-refractivity contribution in [2.75, 3.05) is 20.0 Å². The molecule has 0 saturated heterocycles. The van der Waals surface area contributed by atoms with E-state index in [-0.39, 0.29) is 5.56 Å². The van der Waals surface area contributed by atoms with Gasteiger partial charge in [-0.3, -0.25) is 9.36 Å². The van der Waals surface area contributed by atoms with Crippen LogP contribution in [0.15, 0.2) is 14.3 Å². The fourth-order valence-electron chi connectivity index (χ4n) is 1.35. The van der Waals surface area contributed by atoms with Crippen molar-refractivity contribution in [2.24, 2.45) is 0 Å². The van der Waals surface area contributed by atoms with Crippen molar-refractivity contribution in [1.29, 1.82) is 0 Å². The van der Waals surface area contributed by atoms with E-state index in [9.17, 15) is 4.79 Å². The van der Waals surface area contributed by atoms with Crippen LogP contribution >= 0.6 is 35.7 Å². The molecule has 0 radical (unpaired) electrons. The average Bonchev–Trinajstić information content (AvgIpc) is 2.72. The van der Waals surface area contributed by atoms with E-state index in [0.29, 0.717) is 28.7 Å². The first-order chi connectivity index (χ1) is 8.17. The minimum atomic E-state index is -0.159. The maximum absolute atomic E-state index is 12.1. The summed E-state index contributed by atoms with van der Waals surface area (Å²) in [5, 5.41) is 0.399. The van der Waals surface area contributed by atoms with Crippen LogP contribution in [-0.4, -0.2) is 34.5 Å². The van der Waals surface area contributed by atoms with Gasteiger partial charge in [0, 0.05) is 7.11 Å². The van der Waals surface area contributed by atoms with Crippen LogP contribution in [-0.2, 0) is 11.3 Å². The van der Waals surface area contributed by atoms with E-state index in [2.05, 4.69) is 22.6 Å². The van der Waals surface area contributed by atoms with E-state index >= 15 is 0 Å². The Bertz CT molecular complexity index is 593. The molecule has 2 aromatic heterocycles. The fourth-order valence-corrected chi connectivity index (χ4v) is 3.12. The minimum Gasteiger partial charge on any atom is -0.383 e. The molecule has 0 bridgehead atoms. The molecule has 0 fully saturated rings. The molecule has 2 heterocycles. The standard InChI is InChI=1S/C9H11N3O2S3/c1-14-4-3-12-7(13)5-6(11-8(12)15)17-9(10-5)16-2/h3-4H2,1-2H3,(H,11,15). The van der Waals surface area contributed by atoms with Crippen LogP contribution in [0.3, 0.4) is 0 Å². The van der Waals surface area contributed by atoms with E-state index < -0.39 is 0 Å². The van der Waals surface area contributed by atoms with Crippen molar-refractivity contribution in [1.82, 2.24) is 14.5 Å². The van der Waals surface area contributed by atoms with Gasteiger partial charge in [-0.15, -0.1) is 12.6 Å². The molecule has 0 atom stereocenters. The van der Waals surface area contributed by atoms with E-state index in [1.807, 2.05) is 6.26 Å². The molecule has 0 aliphatic carbocycles. The molecule has 2 rings (SSSR count). The number of thiazole rings is 1. The third-order valence-corrected chi connectivity index (χ3v) is 4.45. The number of fused-ring (bicyclic) bond motifs is 1. The lowest BCUT2D eigenvalue weighted by atomic mass is 10.5. The van der Waals surface area contributed by atoms with Crippen molar-refractivity contribution in [2.45, 2.75) is 16.0 Å². The second-order valence-electron chi connectivity index (χ2n) is 3.20. The number of thiol groups is 1. The van der Waals surface area contributed by atoms with Gasteiger partial charge in [0.2, 0.25) is 0 Å². The molecule has 5 nitrogen and oxygen atoms in total. The van der Waals surface area contributed by atoms with E-state index in [4.69, 9.17) is 4.74 Å². The lowest BCUT2D eigenvalue weighted by Crippen LogP contribution is -2.24. The predicted octanol–water partition coefficient (Wildman–Crippen LogP) is 1.51. The quantitative estimate of drug-likeness (QED) is 0.525. The lowest BCUT2D eigenvalue weighted by Gasteiger charge is -2.06. The molecule has 0 amide bonds. The third-order valence-electron chi connectivity index (χ3n) is 2.17. The van der Waals surface area contributed by atoms with Gasteiger partial charge in [-0.1, -0.05) is 23.1 Å². The largest absolute Gasteiger partial charge is 0.383 e. The molecule has 17 heavy (non-hydrogen) atoms. The Hall–Kier alpha value is -0.570. The summed E-state index contributed by atoms with van der Waals surface area (Å²) in [5.74, 6) is 0. The van der Waals surface area contributed by atoms with Gasteiger partial charge in [-0.05, 0) is 6.26 Å². The zero-order valence-electron chi connectivity index (χ0n) is 9.34. The van der Waals surface area contributed by atoms with Crippen molar-refractivity contribution in [3.8, 4) is 0 Å². The third kappa shape index (κ3) is 2.49. The molecule has 92 valence electrons. The summed E-state index contributed by atoms with van der Waals surface area (Å²) < 4.78 is 7.26. The van der Waals surface area contributed by atoms with Crippen molar-refractivity contribution >= 4 is 46.1 Å². The normalized spacial score (nSPS) is 11.2. The van der Waals surface area contributed by atoms with E-state index in [1.165, 1.54) is 27.7 Å². The van der Waals surface area contributed by atoms with Crippen LogP contribution in [0, 0.1) is 0 Å². The highest BCUT2D eigenvalue weighted by atomic mass is 32.2. The van der Waals surface area contributed by atoms with Gasteiger partial charge in [-0.2, -0.15) is 0 Å². The predicted molar refractivity (Wildman–Crippen MR) is 72.6 cm³/mol. The first-order valence-corrected chi connectivity index (χ1v) is 7.29. The van der Waals surface area contributed by atoms with Crippen molar-refractivity contribution in [3.05, 3.63) is 10.4 Å². The summed E-state index contributed by atoms with van der Waals surface area (Å²) in [7, 11) is 1.59. The SMILES string of the molecule is COCCn1c(S)nc2sc(SC)nc2c1=O. The molecule has 0 spiro atoms. The number of nitrogens with zero attached hydrogens (tertiary/aromatic N) is 3. The Morgan fingerprint density at radius 1 is 1.53 bits per heavy atom. The van der Waals surface area contributed by atoms with Crippen LogP contribution in [0.4, 0.5) is 0 Å². The maximum atomic E-state index is 12.1. The molecular weight excluding hydrogens is 278 g/mol. The highest BCUT2D eigenvalue weighted by Crippen LogP contribution is 2.25. The van der Waals surface area contributed by atoms with Crippen LogP contribution in [0.1, 0.15) is 0 Å². The highest BCUT2D eigenvalue weighted by Gasteiger charge is 2.13.